The van der Waals surface area contributed by atoms with Crippen LogP contribution in [0.5, 0.6) is 0 Å². The molecule has 1 heteroatoms. The average Bonchev–Trinajstić information content (AvgIpc) is 3.65. The van der Waals surface area contributed by atoms with E-state index in [1.165, 1.54) is 55.6 Å². The topological polar surface area (TPSA) is 17.1 Å². The number of carbonyl (C=O) groups is 1. The van der Waals surface area contributed by atoms with E-state index in [1.807, 2.05) is 12.1 Å². The Hall–Kier alpha value is -4.23. The molecule has 0 radical (unpaired) electrons. The summed E-state index contributed by atoms with van der Waals surface area (Å²) in [4.78, 5) is 11.3. The van der Waals surface area contributed by atoms with Crippen LogP contribution in [0.25, 0.3) is 44.5 Å². The summed E-state index contributed by atoms with van der Waals surface area (Å²) in [5, 5.41) is 0. The largest absolute Gasteiger partial charge is 0.298 e. The Morgan fingerprint density at radius 3 is 1.44 bits per heavy atom. The summed E-state index contributed by atoms with van der Waals surface area (Å²) < 4.78 is 0. The summed E-state index contributed by atoms with van der Waals surface area (Å²) in [5.41, 5.74) is 21.1. The van der Waals surface area contributed by atoms with Crippen LogP contribution in [0.15, 0.2) is 91.0 Å². The molecule has 0 amide bonds. The van der Waals surface area contributed by atoms with E-state index in [-0.39, 0.29) is 0 Å². The van der Waals surface area contributed by atoms with Crippen molar-refractivity contribution in [2.45, 2.75) is 57.8 Å². The number of hydrogen-bond acceptors (Lipinski definition) is 1. The minimum atomic E-state index is 0.385. The molecule has 41 heavy (non-hydrogen) atoms. The molecule has 0 spiro atoms. The van der Waals surface area contributed by atoms with Crippen molar-refractivity contribution >= 4 is 6.29 Å². The second kappa shape index (κ2) is 9.14. The highest BCUT2D eigenvalue weighted by Gasteiger charge is 2.45. The minimum Gasteiger partial charge on any atom is -0.298 e. The van der Waals surface area contributed by atoms with Crippen molar-refractivity contribution in [3.05, 3.63) is 130 Å². The molecule has 3 atom stereocenters. The molecule has 1 nitrogen and oxygen atoms in total. The normalized spacial score (nSPS) is 18.8. The SMILES string of the molecule is CCC1c2ccccc2-c2c1c1c(c3c2C(CC)c2ccc(-c4ccc(C=O)cc4)cc2-3)C(CC)c2ccccc2-1. The van der Waals surface area contributed by atoms with Crippen LogP contribution in [0.2, 0.25) is 0 Å². The van der Waals surface area contributed by atoms with E-state index >= 15 is 0 Å². The van der Waals surface area contributed by atoms with E-state index in [9.17, 15) is 4.79 Å². The van der Waals surface area contributed by atoms with Crippen molar-refractivity contribution in [3.63, 3.8) is 0 Å². The molecule has 0 aliphatic heterocycles. The van der Waals surface area contributed by atoms with E-state index in [0.717, 1.165) is 31.1 Å². The first-order chi connectivity index (χ1) is 20.2. The standard InChI is InChI=1S/C40H34O/c1-4-26-29-11-7-9-13-32(29)39-35(26)38-33-14-10-8-12-30(33)27(5-2)36(38)40-34-21-25(24-17-15-23(22-41)16-18-24)19-20-31(34)28(6-3)37(39)40/h7-22,26-28H,4-6H2,1-3H3. The van der Waals surface area contributed by atoms with E-state index in [0.29, 0.717) is 23.3 Å². The first kappa shape index (κ1) is 24.6. The Bertz CT molecular complexity index is 1840. The smallest absolute Gasteiger partial charge is 0.150 e. The number of fused-ring (bicyclic) bond motifs is 12. The number of carbonyl (C=O) groups excluding carboxylic acids is 1. The fourth-order valence-corrected chi connectivity index (χ4v) is 8.53. The highest BCUT2D eigenvalue weighted by atomic mass is 16.1. The number of hydrogen-bond donors (Lipinski definition) is 0. The van der Waals surface area contributed by atoms with Crippen molar-refractivity contribution in [3.8, 4) is 44.5 Å². The molecule has 0 saturated carbocycles. The predicted molar refractivity (Wildman–Crippen MR) is 170 cm³/mol. The van der Waals surface area contributed by atoms with Crippen LogP contribution in [0, 0.1) is 0 Å². The molecular weight excluding hydrogens is 496 g/mol. The molecule has 0 N–H and O–H groups in total. The number of rotatable bonds is 5. The number of benzene rings is 5. The maximum absolute atomic E-state index is 11.3. The van der Waals surface area contributed by atoms with Gasteiger partial charge in [-0.05, 0) is 103 Å². The maximum Gasteiger partial charge on any atom is 0.150 e. The molecule has 0 aromatic heterocycles. The summed E-state index contributed by atoms with van der Waals surface area (Å²) >= 11 is 0. The van der Waals surface area contributed by atoms with Gasteiger partial charge in [0.1, 0.15) is 6.29 Å². The molecule has 5 aromatic carbocycles. The van der Waals surface area contributed by atoms with Crippen molar-refractivity contribution in [2.24, 2.45) is 0 Å². The van der Waals surface area contributed by atoms with E-state index < -0.39 is 0 Å². The predicted octanol–water partition coefficient (Wildman–Crippen LogP) is 10.7. The Kier molecular flexibility index (Phi) is 5.48. The highest BCUT2D eigenvalue weighted by molar-refractivity contribution is 6.03. The third-order valence-electron chi connectivity index (χ3n) is 10.2. The molecule has 0 bridgehead atoms. The molecule has 0 saturated heterocycles. The Labute approximate surface area is 242 Å². The first-order valence-corrected chi connectivity index (χ1v) is 15.3. The molecular formula is C40H34O. The summed E-state index contributed by atoms with van der Waals surface area (Å²) in [6.07, 6.45) is 4.21. The molecule has 3 aliphatic rings. The van der Waals surface area contributed by atoms with Crippen molar-refractivity contribution in [1.82, 2.24) is 0 Å². The van der Waals surface area contributed by atoms with E-state index in [4.69, 9.17) is 0 Å². The van der Waals surface area contributed by atoms with Gasteiger partial charge in [0, 0.05) is 23.3 Å². The van der Waals surface area contributed by atoms with Gasteiger partial charge in [0.05, 0.1) is 0 Å². The van der Waals surface area contributed by atoms with Gasteiger partial charge in [-0.2, -0.15) is 0 Å². The lowest BCUT2D eigenvalue weighted by Crippen LogP contribution is -2.05. The molecule has 200 valence electrons. The maximum atomic E-state index is 11.3. The lowest BCUT2D eigenvalue weighted by atomic mass is 9.79. The number of aldehydes is 1. The van der Waals surface area contributed by atoms with Crippen LogP contribution >= 0.6 is 0 Å². The Morgan fingerprint density at radius 2 is 0.951 bits per heavy atom. The molecule has 0 fully saturated rings. The zero-order valence-corrected chi connectivity index (χ0v) is 24.0. The summed E-state index contributed by atoms with van der Waals surface area (Å²) in [6, 6.07) is 33.6. The second-order valence-corrected chi connectivity index (χ2v) is 12.0. The zero-order valence-electron chi connectivity index (χ0n) is 24.0. The van der Waals surface area contributed by atoms with Gasteiger partial charge in [0.15, 0.2) is 0 Å². The third-order valence-corrected chi connectivity index (χ3v) is 10.2. The van der Waals surface area contributed by atoms with Crippen molar-refractivity contribution in [2.75, 3.05) is 0 Å². The summed E-state index contributed by atoms with van der Waals surface area (Å²) in [7, 11) is 0. The van der Waals surface area contributed by atoms with Crippen LogP contribution in [-0.2, 0) is 0 Å². The van der Waals surface area contributed by atoms with Gasteiger partial charge in [0.25, 0.3) is 0 Å². The minimum absolute atomic E-state index is 0.385. The van der Waals surface area contributed by atoms with Crippen molar-refractivity contribution in [1.29, 1.82) is 0 Å². The quantitative estimate of drug-likeness (QED) is 0.207. The monoisotopic (exact) mass is 530 g/mol. The molecule has 3 unspecified atom stereocenters. The van der Waals surface area contributed by atoms with Gasteiger partial charge in [0.2, 0.25) is 0 Å². The fourth-order valence-electron chi connectivity index (χ4n) is 8.53. The second-order valence-electron chi connectivity index (χ2n) is 12.0. The summed E-state index contributed by atoms with van der Waals surface area (Å²) in [6.45, 7) is 7.09. The van der Waals surface area contributed by atoms with Gasteiger partial charge in [-0.3, -0.25) is 4.79 Å². The summed E-state index contributed by atoms with van der Waals surface area (Å²) in [5.74, 6) is 1.22. The van der Waals surface area contributed by atoms with Gasteiger partial charge in [-0.1, -0.05) is 106 Å². The van der Waals surface area contributed by atoms with Gasteiger partial charge in [-0.25, -0.2) is 0 Å². The molecule has 0 heterocycles. The third kappa shape index (κ3) is 3.21. The van der Waals surface area contributed by atoms with Gasteiger partial charge >= 0.3 is 0 Å². The van der Waals surface area contributed by atoms with Crippen LogP contribution in [-0.4, -0.2) is 6.29 Å². The molecule has 8 rings (SSSR count). The Morgan fingerprint density at radius 1 is 0.512 bits per heavy atom. The van der Waals surface area contributed by atoms with E-state index in [1.54, 1.807) is 16.7 Å². The lowest BCUT2D eigenvalue weighted by Gasteiger charge is -2.24. The highest BCUT2D eigenvalue weighted by Crippen LogP contribution is 2.65. The van der Waals surface area contributed by atoms with Crippen LogP contribution in [0.1, 0.15) is 102 Å². The zero-order chi connectivity index (χ0) is 27.8. The van der Waals surface area contributed by atoms with Crippen LogP contribution in [0.4, 0.5) is 0 Å². The van der Waals surface area contributed by atoms with Crippen LogP contribution in [0.3, 0.4) is 0 Å². The average molecular weight is 531 g/mol. The Balaban J connectivity index is 1.50. The molecule has 5 aromatic rings. The van der Waals surface area contributed by atoms with Gasteiger partial charge in [-0.15, -0.1) is 0 Å². The first-order valence-electron chi connectivity index (χ1n) is 15.3. The molecule has 3 aliphatic carbocycles. The lowest BCUT2D eigenvalue weighted by molar-refractivity contribution is 0.112. The van der Waals surface area contributed by atoms with Crippen molar-refractivity contribution < 1.29 is 4.79 Å². The van der Waals surface area contributed by atoms with E-state index in [2.05, 4.69) is 99.6 Å². The fraction of sp³-hybridized carbons (Fsp3) is 0.225. The van der Waals surface area contributed by atoms with Gasteiger partial charge < -0.3 is 0 Å². The van der Waals surface area contributed by atoms with Crippen LogP contribution < -0.4 is 0 Å².